The van der Waals surface area contributed by atoms with Gasteiger partial charge in [0.1, 0.15) is 11.5 Å². The molecule has 0 bridgehead atoms. The average molecular weight is 637 g/mol. The first-order chi connectivity index (χ1) is 23.7. The molecule has 7 rings (SSSR count). The number of aromatic nitrogens is 2. The van der Waals surface area contributed by atoms with Crippen LogP contribution < -0.4 is 9.47 Å². The third kappa shape index (κ3) is 5.61. The number of ether oxygens (including phenoxy) is 2. The highest BCUT2D eigenvalue weighted by atomic mass is 16.5. The van der Waals surface area contributed by atoms with Crippen LogP contribution in [0.4, 0.5) is 0 Å². The van der Waals surface area contributed by atoms with Crippen LogP contribution in [0.15, 0.2) is 97.1 Å². The van der Waals surface area contributed by atoms with Crippen LogP contribution in [0.2, 0.25) is 0 Å². The minimum absolute atomic E-state index is 0.875. The molecule has 0 aliphatic rings. The second-order valence-corrected chi connectivity index (χ2v) is 13.1. The van der Waals surface area contributed by atoms with Crippen molar-refractivity contribution in [2.75, 3.05) is 14.2 Å². The molecule has 0 N–H and O–H groups in total. The molecule has 2 aromatic heterocycles. The van der Waals surface area contributed by atoms with Gasteiger partial charge in [0.15, 0.2) is 0 Å². The lowest BCUT2D eigenvalue weighted by Crippen LogP contribution is -2.02. The lowest BCUT2D eigenvalue weighted by atomic mass is 9.89. The van der Waals surface area contributed by atoms with Gasteiger partial charge in [-0.25, -0.2) is 0 Å². The molecular formula is C44H48N2O2. The molecule has 0 radical (unpaired) electrons. The standard InChI is InChI=1S/C44H48N2O2/c1-5-7-9-15-29-45-37-19-13-11-17-35(37)41-40(32-23-27-34(48-4)28-24-32)44-42(39(43(41)45)31-21-25-33(47-3)26-22-31)36-18-12-14-20-38(36)46(44)30-16-10-8-6-2/h11-14,17-28H,5-10,15-16,29-30H2,1-4H3. The van der Waals surface area contributed by atoms with E-state index in [9.17, 15) is 0 Å². The Kier molecular flexibility index (Phi) is 9.43. The minimum Gasteiger partial charge on any atom is -0.497 e. The summed E-state index contributed by atoms with van der Waals surface area (Å²) in [6.07, 6.45) is 9.73. The van der Waals surface area contributed by atoms with E-state index >= 15 is 0 Å². The number of aryl methyl sites for hydroxylation is 2. The summed E-state index contributed by atoms with van der Waals surface area (Å²) in [5.74, 6) is 1.75. The number of hydrogen-bond donors (Lipinski definition) is 0. The summed E-state index contributed by atoms with van der Waals surface area (Å²) in [7, 11) is 3.49. The van der Waals surface area contributed by atoms with Gasteiger partial charge in [0.05, 0.1) is 25.3 Å². The number of unbranched alkanes of at least 4 members (excludes halogenated alkanes) is 6. The summed E-state index contributed by atoms with van der Waals surface area (Å²) in [6, 6.07) is 35.6. The summed E-state index contributed by atoms with van der Waals surface area (Å²) in [4.78, 5) is 0. The Morgan fingerprint density at radius 2 is 0.854 bits per heavy atom. The van der Waals surface area contributed by atoms with E-state index in [0.29, 0.717) is 0 Å². The van der Waals surface area contributed by atoms with E-state index in [1.807, 2.05) is 0 Å². The summed E-state index contributed by atoms with van der Waals surface area (Å²) in [5.41, 5.74) is 10.3. The molecule has 0 amide bonds. The molecular weight excluding hydrogens is 588 g/mol. The van der Waals surface area contributed by atoms with E-state index in [1.54, 1.807) is 14.2 Å². The van der Waals surface area contributed by atoms with Crippen molar-refractivity contribution in [3.8, 4) is 33.8 Å². The Labute approximate surface area is 284 Å². The highest BCUT2D eigenvalue weighted by Crippen LogP contribution is 2.51. The summed E-state index contributed by atoms with van der Waals surface area (Å²) in [5, 5.41) is 5.30. The van der Waals surface area contributed by atoms with Gasteiger partial charge in [0.25, 0.3) is 0 Å². The van der Waals surface area contributed by atoms with E-state index in [4.69, 9.17) is 9.47 Å². The number of fused-ring (bicyclic) bond motifs is 6. The molecule has 7 aromatic rings. The molecule has 4 nitrogen and oxygen atoms in total. The van der Waals surface area contributed by atoms with Crippen LogP contribution in [-0.4, -0.2) is 23.4 Å². The van der Waals surface area contributed by atoms with Crippen molar-refractivity contribution in [2.45, 2.75) is 78.3 Å². The molecule has 0 unspecified atom stereocenters. The molecule has 0 fully saturated rings. The number of rotatable bonds is 14. The SMILES string of the molecule is CCCCCCn1c2ccccc2c2c(-c3ccc(OC)cc3)c3c(c(-c4ccc(OC)cc4)c21)c1ccccc1n3CCCCCC. The smallest absolute Gasteiger partial charge is 0.118 e. The first-order valence-electron chi connectivity index (χ1n) is 18.0. The molecule has 0 saturated heterocycles. The zero-order valence-corrected chi connectivity index (χ0v) is 29.0. The number of methoxy groups -OCH3 is 2. The van der Waals surface area contributed by atoms with Crippen molar-refractivity contribution in [2.24, 2.45) is 0 Å². The molecule has 0 spiro atoms. The number of benzene rings is 5. The highest BCUT2D eigenvalue weighted by Gasteiger charge is 2.27. The van der Waals surface area contributed by atoms with E-state index in [-0.39, 0.29) is 0 Å². The second-order valence-electron chi connectivity index (χ2n) is 13.1. The summed E-state index contributed by atoms with van der Waals surface area (Å²) >= 11 is 0. The van der Waals surface area contributed by atoms with Crippen LogP contribution in [0.5, 0.6) is 11.5 Å². The van der Waals surface area contributed by atoms with Crippen LogP contribution in [0, 0.1) is 0 Å². The van der Waals surface area contributed by atoms with Crippen LogP contribution >= 0.6 is 0 Å². The third-order valence-corrected chi connectivity index (χ3v) is 10.1. The number of nitrogens with zero attached hydrogens (tertiary/aromatic N) is 2. The maximum Gasteiger partial charge on any atom is 0.118 e. The Morgan fingerprint density at radius 3 is 1.23 bits per heavy atom. The third-order valence-electron chi connectivity index (χ3n) is 10.1. The lowest BCUT2D eigenvalue weighted by molar-refractivity contribution is 0.415. The maximum absolute atomic E-state index is 5.64. The topological polar surface area (TPSA) is 28.3 Å². The predicted octanol–water partition coefficient (Wildman–Crippen LogP) is 12.4. The van der Waals surface area contributed by atoms with E-state index < -0.39 is 0 Å². The molecule has 0 aliphatic heterocycles. The molecule has 2 heterocycles. The van der Waals surface area contributed by atoms with E-state index in [1.165, 1.54) is 104 Å². The van der Waals surface area contributed by atoms with E-state index in [2.05, 4.69) is 120 Å². The van der Waals surface area contributed by atoms with Crippen molar-refractivity contribution in [1.82, 2.24) is 9.13 Å². The largest absolute Gasteiger partial charge is 0.497 e. The van der Waals surface area contributed by atoms with Gasteiger partial charge < -0.3 is 18.6 Å². The van der Waals surface area contributed by atoms with Crippen molar-refractivity contribution in [3.05, 3.63) is 97.1 Å². The van der Waals surface area contributed by atoms with Crippen LogP contribution in [0.1, 0.15) is 65.2 Å². The molecule has 48 heavy (non-hydrogen) atoms. The van der Waals surface area contributed by atoms with Crippen molar-refractivity contribution >= 4 is 43.6 Å². The quantitative estimate of drug-likeness (QED) is 0.111. The van der Waals surface area contributed by atoms with Gasteiger partial charge >= 0.3 is 0 Å². The van der Waals surface area contributed by atoms with Crippen LogP contribution in [0.3, 0.4) is 0 Å². The van der Waals surface area contributed by atoms with Crippen molar-refractivity contribution in [3.63, 3.8) is 0 Å². The van der Waals surface area contributed by atoms with E-state index in [0.717, 1.165) is 37.4 Å². The predicted molar refractivity (Wildman–Crippen MR) is 205 cm³/mol. The van der Waals surface area contributed by atoms with Gasteiger partial charge in [-0.05, 0) is 60.4 Å². The Balaban J connectivity index is 1.69. The van der Waals surface area contributed by atoms with Gasteiger partial charge in [-0.3, -0.25) is 0 Å². The van der Waals surface area contributed by atoms with Crippen molar-refractivity contribution in [1.29, 1.82) is 0 Å². The van der Waals surface area contributed by atoms with Gasteiger partial charge in [-0.1, -0.05) is 113 Å². The van der Waals surface area contributed by atoms with Crippen LogP contribution in [0.25, 0.3) is 65.9 Å². The molecule has 5 aromatic carbocycles. The fraction of sp³-hybridized carbons (Fsp3) is 0.318. The van der Waals surface area contributed by atoms with Gasteiger partial charge in [0.2, 0.25) is 0 Å². The fourth-order valence-electron chi connectivity index (χ4n) is 7.81. The Morgan fingerprint density at radius 1 is 0.458 bits per heavy atom. The molecule has 246 valence electrons. The normalized spacial score (nSPS) is 11.8. The zero-order chi connectivity index (χ0) is 33.0. The van der Waals surface area contributed by atoms with Gasteiger partial charge in [-0.2, -0.15) is 0 Å². The summed E-state index contributed by atoms with van der Waals surface area (Å²) in [6.45, 7) is 6.54. The van der Waals surface area contributed by atoms with Gasteiger partial charge in [0, 0.05) is 56.8 Å². The Hall–Kier alpha value is -4.70. The minimum atomic E-state index is 0.875. The molecule has 0 aliphatic carbocycles. The average Bonchev–Trinajstić information content (AvgIpc) is 3.64. The first-order valence-corrected chi connectivity index (χ1v) is 18.0. The number of hydrogen-bond acceptors (Lipinski definition) is 2. The van der Waals surface area contributed by atoms with Crippen LogP contribution in [-0.2, 0) is 13.1 Å². The fourth-order valence-corrected chi connectivity index (χ4v) is 7.81. The van der Waals surface area contributed by atoms with Crippen molar-refractivity contribution < 1.29 is 9.47 Å². The molecule has 0 saturated carbocycles. The lowest BCUT2D eigenvalue weighted by Gasteiger charge is -2.18. The zero-order valence-electron chi connectivity index (χ0n) is 29.0. The number of para-hydroxylation sites is 2. The van der Waals surface area contributed by atoms with Gasteiger partial charge in [-0.15, -0.1) is 0 Å². The second kappa shape index (κ2) is 14.2. The molecule has 0 atom stereocenters. The Bertz CT molecular complexity index is 2010. The monoisotopic (exact) mass is 636 g/mol. The maximum atomic E-state index is 5.64. The first kappa shape index (κ1) is 31.9. The highest BCUT2D eigenvalue weighted by molar-refractivity contribution is 6.32. The molecule has 4 heteroatoms. The summed E-state index contributed by atoms with van der Waals surface area (Å²) < 4.78 is 16.6.